The maximum absolute atomic E-state index is 10.5. The van der Waals surface area contributed by atoms with E-state index in [-0.39, 0.29) is 6.61 Å². The van der Waals surface area contributed by atoms with E-state index in [2.05, 4.69) is 11.3 Å². The van der Waals surface area contributed by atoms with Crippen molar-refractivity contribution < 1.29 is 14.6 Å². The summed E-state index contributed by atoms with van der Waals surface area (Å²) in [7, 11) is 0. The number of hydrogen-bond acceptors (Lipinski definition) is 2. The minimum atomic E-state index is -1.29. The van der Waals surface area contributed by atoms with Crippen molar-refractivity contribution in [2.45, 2.75) is 20.0 Å². The summed E-state index contributed by atoms with van der Waals surface area (Å²) in [6.45, 7) is 6.63. The van der Waals surface area contributed by atoms with Gasteiger partial charge in [-0.2, -0.15) is 0 Å². The van der Waals surface area contributed by atoms with Crippen molar-refractivity contribution in [2.24, 2.45) is 0 Å². The molecule has 57 valence electrons. The number of ether oxygens (including phenoxy) is 1. The second kappa shape index (κ2) is 4.06. The molecule has 10 heavy (non-hydrogen) atoms. The lowest BCUT2D eigenvalue weighted by Gasteiger charge is -2.03. The molecule has 3 nitrogen and oxygen atoms in total. The van der Waals surface area contributed by atoms with Crippen LogP contribution in [0.1, 0.15) is 13.8 Å². The van der Waals surface area contributed by atoms with Crippen LogP contribution in [-0.4, -0.2) is 18.7 Å². The van der Waals surface area contributed by atoms with E-state index in [0.717, 1.165) is 5.57 Å². The molecule has 1 unspecified atom stereocenters. The smallest absolute Gasteiger partial charge is 0.338 e. The zero-order valence-electron chi connectivity index (χ0n) is 6.22. The van der Waals surface area contributed by atoms with Crippen LogP contribution in [0.2, 0.25) is 0 Å². The van der Waals surface area contributed by atoms with E-state index in [9.17, 15) is 9.90 Å². The van der Waals surface area contributed by atoms with Crippen LogP contribution >= 0.6 is 0 Å². The molecule has 0 saturated heterocycles. The second-order valence-electron chi connectivity index (χ2n) is 2.21. The molecule has 0 N–H and O–H groups in total. The molecule has 0 aliphatic carbocycles. The SMILES string of the molecule is C=C(C)COC(=O)C(C)[O]. The van der Waals surface area contributed by atoms with Gasteiger partial charge in [0, 0.05) is 0 Å². The molecule has 0 aliphatic rings. The Bertz CT molecular complexity index is 138. The highest BCUT2D eigenvalue weighted by atomic mass is 16.5. The Kier molecular flexibility index (Phi) is 3.72. The standard InChI is InChI=1S/C7H11O3/c1-5(2)4-10-7(9)6(3)8/h6H,1,4H2,2-3H3. The van der Waals surface area contributed by atoms with Crippen molar-refractivity contribution in [1.82, 2.24) is 0 Å². The van der Waals surface area contributed by atoms with E-state index in [4.69, 9.17) is 0 Å². The summed E-state index contributed by atoms with van der Waals surface area (Å²) in [5, 5.41) is 10.3. The van der Waals surface area contributed by atoms with E-state index in [1.807, 2.05) is 0 Å². The fraction of sp³-hybridized carbons (Fsp3) is 0.571. The van der Waals surface area contributed by atoms with Gasteiger partial charge in [0.25, 0.3) is 0 Å². The third-order valence-corrected chi connectivity index (χ3v) is 0.793. The van der Waals surface area contributed by atoms with Gasteiger partial charge in [0.15, 0.2) is 6.10 Å². The predicted octanol–water partition coefficient (Wildman–Crippen LogP) is 0.925. The van der Waals surface area contributed by atoms with Crippen LogP contribution in [0.25, 0.3) is 0 Å². The zero-order valence-corrected chi connectivity index (χ0v) is 6.22. The summed E-state index contributed by atoms with van der Waals surface area (Å²) in [4.78, 5) is 10.5. The lowest BCUT2D eigenvalue weighted by molar-refractivity contribution is -0.154. The van der Waals surface area contributed by atoms with Crippen LogP contribution in [0, 0.1) is 0 Å². The van der Waals surface area contributed by atoms with E-state index in [1.165, 1.54) is 6.92 Å². The largest absolute Gasteiger partial charge is 0.459 e. The summed E-state index contributed by atoms with van der Waals surface area (Å²) >= 11 is 0. The monoisotopic (exact) mass is 143 g/mol. The Labute approximate surface area is 60.3 Å². The van der Waals surface area contributed by atoms with Gasteiger partial charge >= 0.3 is 5.97 Å². The van der Waals surface area contributed by atoms with Gasteiger partial charge in [0.2, 0.25) is 0 Å². The molecule has 0 aromatic rings. The minimum Gasteiger partial charge on any atom is -0.459 e. The lowest BCUT2D eigenvalue weighted by Crippen LogP contribution is -2.18. The number of carbonyl (C=O) groups is 1. The van der Waals surface area contributed by atoms with Gasteiger partial charge in [-0.15, -0.1) is 0 Å². The van der Waals surface area contributed by atoms with Gasteiger partial charge in [-0.1, -0.05) is 6.58 Å². The molecule has 0 aromatic heterocycles. The molecule has 0 bridgehead atoms. The highest BCUT2D eigenvalue weighted by molar-refractivity contribution is 5.73. The fourth-order valence-corrected chi connectivity index (χ4v) is 0.312. The van der Waals surface area contributed by atoms with Crippen LogP contribution < -0.4 is 0 Å². The van der Waals surface area contributed by atoms with Crippen molar-refractivity contribution in [1.29, 1.82) is 0 Å². The molecule has 0 rings (SSSR count). The molecule has 0 aromatic carbocycles. The fourth-order valence-electron chi connectivity index (χ4n) is 0.312. The van der Waals surface area contributed by atoms with Gasteiger partial charge < -0.3 is 4.74 Å². The van der Waals surface area contributed by atoms with Crippen molar-refractivity contribution in [3.8, 4) is 0 Å². The summed E-state index contributed by atoms with van der Waals surface area (Å²) in [6.07, 6.45) is -1.29. The average Bonchev–Trinajstić information content (AvgIpc) is 1.82. The third-order valence-electron chi connectivity index (χ3n) is 0.793. The van der Waals surface area contributed by atoms with Crippen molar-refractivity contribution in [3.63, 3.8) is 0 Å². The first kappa shape index (κ1) is 9.17. The molecule has 0 spiro atoms. The lowest BCUT2D eigenvalue weighted by atomic mass is 10.4. The maximum atomic E-state index is 10.5. The Morgan fingerprint density at radius 2 is 2.20 bits per heavy atom. The Morgan fingerprint density at radius 1 is 1.70 bits per heavy atom. The van der Waals surface area contributed by atoms with E-state index in [1.54, 1.807) is 6.92 Å². The molecule has 1 radical (unpaired) electrons. The number of esters is 1. The van der Waals surface area contributed by atoms with Crippen LogP contribution in [0.4, 0.5) is 0 Å². The van der Waals surface area contributed by atoms with Crippen molar-refractivity contribution in [2.75, 3.05) is 6.61 Å². The molecule has 0 fully saturated rings. The van der Waals surface area contributed by atoms with Crippen molar-refractivity contribution >= 4 is 5.97 Å². The summed E-state index contributed by atoms with van der Waals surface area (Å²) in [6, 6.07) is 0. The first-order valence-corrected chi connectivity index (χ1v) is 3.01. The summed E-state index contributed by atoms with van der Waals surface area (Å²) < 4.78 is 4.51. The summed E-state index contributed by atoms with van der Waals surface area (Å²) in [5.41, 5.74) is 0.731. The molecule has 0 amide bonds. The Morgan fingerprint density at radius 3 is 2.50 bits per heavy atom. The predicted molar refractivity (Wildman–Crippen MR) is 35.9 cm³/mol. The first-order valence-electron chi connectivity index (χ1n) is 3.01. The normalized spacial score (nSPS) is 12.3. The highest BCUT2D eigenvalue weighted by Gasteiger charge is 2.10. The average molecular weight is 143 g/mol. The van der Waals surface area contributed by atoms with Crippen LogP contribution in [0.3, 0.4) is 0 Å². The molecule has 0 heterocycles. The first-order chi connectivity index (χ1) is 4.54. The molecule has 0 aliphatic heterocycles. The van der Waals surface area contributed by atoms with E-state index in [0.29, 0.717) is 0 Å². The van der Waals surface area contributed by atoms with Crippen LogP contribution in [0.5, 0.6) is 0 Å². The number of rotatable bonds is 3. The molecule has 3 heteroatoms. The van der Waals surface area contributed by atoms with Crippen LogP contribution in [0.15, 0.2) is 12.2 Å². The minimum absolute atomic E-state index is 0.144. The van der Waals surface area contributed by atoms with Gasteiger partial charge in [-0.3, -0.25) is 0 Å². The molecular formula is C7H11O3. The van der Waals surface area contributed by atoms with E-state index < -0.39 is 12.1 Å². The topological polar surface area (TPSA) is 46.2 Å². The number of hydrogen-bond donors (Lipinski definition) is 0. The van der Waals surface area contributed by atoms with Crippen molar-refractivity contribution in [3.05, 3.63) is 12.2 Å². The van der Waals surface area contributed by atoms with Gasteiger partial charge in [-0.05, 0) is 19.4 Å². The third kappa shape index (κ3) is 4.09. The molecule has 0 saturated carbocycles. The second-order valence-corrected chi connectivity index (χ2v) is 2.21. The quantitative estimate of drug-likeness (QED) is 0.435. The Hall–Kier alpha value is -0.830. The molecular weight excluding hydrogens is 132 g/mol. The van der Waals surface area contributed by atoms with E-state index >= 15 is 0 Å². The number of carbonyl (C=O) groups excluding carboxylic acids is 1. The van der Waals surface area contributed by atoms with Gasteiger partial charge in [0.1, 0.15) is 6.61 Å². The van der Waals surface area contributed by atoms with Crippen LogP contribution in [-0.2, 0) is 14.6 Å². The maximum Gasteiger partial charge on any atom is 0.338 e. The zero-order chi connectivity index (χ0) is 8.15. The van der Waals surface area contributed by atoms with Gasteiger partial charge in [0.05, 0.1) is 0 Å². The summed E-state index contributed by atoms with van der Waals surface area (Å²) in [5.74, 6) is -0.719. The Balaban J connectivity index is 3.50. The highest BCUT2D eigenvalue weighted by Crippen LogP contribution is 1.92. The van der Waals surface area contributed by atoms with Gasteiger partial charge in [-0.25, -0.2) is 9.90 Å². The molecule has 1 atom stereocenters.